The van der Waals surface area contributed by atoms with Gasteiger partial charge >= 0.3 is 0 Å². The van der Waals surface area contributed by atoms with E-state index in [4.69, 9.17) is 4.74 Å². The molecule has 1 atom stereocenters. The maximum Gasteiger partial charge on any atom is 0.254 e. The van der Waals surface area contributed by atoms with Crippen LogP contribution in [0.4, 0.5) is 0 Å². The fraction of sp³-hybridized carbons (Fsp3) is 0.208. The van der Waals surface area contributed by atoms with Crippen molar-refractivity contribution in [1.82, 2.24) is 4.90 Å². The van der Waals surface area contributed by atoms with E-state index in [0.29, 0.717) is 18.7 Å². The molecular weight excluding hydrogens is 494 g/mol. The van der Waals surface area contributed by atoms with Crippen LogP contribution in [0.1, 0.15) is 34.3 Å². The molecular formula is C24H23Br2NO2. The van der Waals surface area contributed by atoms with Crippen molar-refractivity contribution in [2.75, 3.05) is 13.7 Å². The maximum absolute atomic E-state index is 13.3. The van der Waals surface area contributed by atoms with E-state index in [0.717, 1.165) is 20.3 Å². The van der Waals surface area contributed by atoms with Crippen molar-refractivity contribution in [2.24, 2.45) is 0 Å². The van der Waals surface area contributed by atoms with Crippen molar-refractivity contribution in [2.45, 2.75) is 19.4 Å². The monoisotopic (exact) mass is 515 g/mol. The molecule has 1 amide bonds. The summed E-state index contributed by atoms with van der Waals surface area (Å²) in [7, 11) is 1.64. The van der Waals surface area contributed by atoms with Gasteiger partial charge < -0.3 is 9.64 Å². The number of carbonyl (C=O) groups excluding carboxylic acids is 1. The number of rotatable bonds is 7. The molecule has 29 heavy (non-hydrogen) atoms. The Labute approximate surface area is 189 Å². The standard InChI is InChI=1S/C24H23Br2NO2/c1-17(19-7-4-3-5-8-19)15-27(24(28)20-9-6-10-21(25)14-20)16-18-11-12-23(29-2)22(26)13-18/h3-14,17H,15-16H2,1-2H3/t17-/m0/s1. The Kier molecular flexibility index (Phi) is 7.51. The molecule has 150 valence electrons. The fourth-order valence-electron chi connectivity index (χ4n) is 3.27. The highest BCUT2D eigenvalue weighted by Gasteiger charge is 2.20. The maximum atomic E-state index is 13.3. The van der Waals surface area contributed by atoms with Gasteiger partial charge in [0.05, 0.1) is 11.6 Å². The SMILES string of the molecule is COc1ccc(CN(C[C@H](C)c2ccccc2)C(=O)c2cccc(Br)c2)cc1Br. The Hall–Kier alpha value is -2.11. The van der Waals surface area contributed by atoms with Crippen molar-refractivity contribution < 1.29 is 9.53 Å². The first-order chi connectivity index (χ1) is 14.0. The molecule has 0 aliphatic carbocycles. The second-order valence-electron chi connectivity index (χ2n) is 6.98. The van der Waals surface area contributed by atoms with Gasteiger partial charge in [-0.3, -0.25) is 4.79 Å². The molecule has 0 radical (unpaired) electrons. The molecule has 0 spiro atoms. The minimum Gasteiger partial charge on any atom is -0.496 e. The minimum absolute atomic E-state index is 0.0148. The van der Waals surface area contributed by atoms with E-state index in [9.17, 15) is 4.79 Å². The van der Waals surface area contributed by atoms with Crippen LogP contribution in [0.2, 0.25) is 0 Å². The summed E-state index contributed by atoms with van der Waals surface area (Å²) in [5.41, 5.74) is 2.93. The Bertz CT molecular complexity index is 976. The van der Waals surface area contributed by atoms with E-state index in [-0.39, 0.29) is 11.8 Å². The number of hydrogen-bond acceptors (Lipinski definition) is 2. The summed E-state index contributed by atoms with van der Waals surface area (Å²) >= 11 is 7.01. The van der Waals surface area contributed by atoms with E-state index >= 15 is 0 Å². The van der Waals surface area contributed by atoms with Gasteiger partial charge in [-0.15, -0.1) is 0 Å². The van der Waals surface area contributed by atoms with Crippen LogP contribution in [0.3, 0.4) is 0 Å². The fourth-order valence-corrected chi connectivity index (χ4v) is 4.26. The number of hydrogen-bond donors (Lipinski definition) is 0. The van der Waals surface area contributed by atoms with Crippen molar-refractivity contribution in [3.05, 3.63) is 98.4 Å². The van der Waals surface area contributed by atoms with Crippen LogP contribution in [-0.4, -0.2) is 24.5 Å². The summed E-state index contributed by atoms with van der Waals surface area (Å²) in [6.45, 7) is 3.30. The second kappa shape index (κ2) is 10.1. The average Bonchev–Trinajstić information content (AvgIpc) is 2.73. The predicted octanol–water partition coefficient (Wildman–Crippen LogP) is 6.67. The molecule has 3 aromatic rings. The predicted molar refractivity (Wildman–Crippen MR) is 124 cm³/mol. The summed E-state index contributed by atoms with van der Waals surface area (Å²) in [6.07, 6.45) is 0. The molecule has 0 N–H and O–H groups in total. The van der Waals surface area contributed by atoms with Gasteiger partial charge in [0.2, 0.25) is 0 Å². The van der Waals surface area contributed by atoms with Gasteiger partial charge in [-0.2, -0.15) is 0 Å². The quantitative estimate of drug-likeness (QED) is 0.351. The van der Waals surface area contributed by atoms with Crippen LogP contribution in [0, 0.1) is 0 Å². The molecule has 0 saturated carbocycles. The molecule has 0 fully saturated rings. The number of nitrogens with zero attached hydrogens (tertiary/aromatic N) is 1. The van der Waals surface area contributed by atoms with Gasteiger partial charge in [-0.05, 0) is 63.3 Å². The lowest BCUT2D eigenvalue weighted by molar-refractivity contribution is 0.0734. The zero-order valence-corrected chi connectivity index (χ0v) is 19.6. The lowest BCUT2D eigenvalue weighted by Gasteiger charge is -2.27. The molecule has 3 aromatic carbocycles. The van der Waals surface area contributed by atoms with Gasteiger partial charge in [-0.1, -0.05) is 65.3 Å². The van der Waals surface area contributed by atoms with E-state index in [1.165, 1.54) is 5.56 Å². The smallest absolute Gasteiger partial charge is 0.254 e. The van der Waals surface area contributed by atoms with E-state index in [2.05, 4.69) is 50.9 Å². The van der Waals surface area contributed by atoms with Gasteiger partial charge in [0.25, 0.3) is 5.91 Å². The summed E-state index contributed by atoms with van der Waals surface area (Å²) in [4.78, 5) is 15.3. The van der Waals surface area contributed by atoms with Crippen LogP contribution < -0.4 is 4.74 Å². The van der Waals surface area contributed by atoms with Crippen molar-refractivity contribution in [1.29, 1.82) is 0 Å². The van der Waals surface area contributed by atoms with Gasteiger partial charge in [0.1, 0.15) is 5.75 Å². The number of carbonyl (C=O) groups is 1. The summed E-state index contributed by atoms with van der Waals surface area (Å²) < 4.78 is 7.10. The zero-order valence-electron chi connectivity index (χ0n) is 16.4. The topological polar surface area (TPSA) is 29.5 Å². The second-order valence-corrected chi connectivity index (χ2v) is 8.75. The number of amides is 1. The molecule has 0 heterocycles. The third-order valence-corrected chi connectivity index (χ3v) is 5.92. The van der Waals surface area contributed by atoms with Gasteiger partial charge in [-0.25, -0.2) is 0 Å². The number of benzene rings is 3. The lowest BCUT2D eigenvalue weighted by Crippen LogP contribution is -2.33. The van der Waals surface area contributed by atoms with Crippen molar-refractivity contribution in [3.8, 4) is 5.75 Å². The van der Waals surface area contributed by atoms with E-state index in [1.54, 1.807) is 7.11 Å². The minimum atomic E-state index is 0.0148. The highest BCUT2D eigenvalue weighted by Crippen LogP contribution is 2.27. The molecule has 5 heteroatoms. The van der Waals surface area contributed by atoms with E-state index in [1.807, 2.05) is 65.6 Å². The largest absolute Gasteiger partial charge is 0.496 e. The first-order valence-corrected chi connectivity index (χ1v) is 11.0. The van der Waals surface area contributed by atoms with Crippen LogP contribution in [0.15, 0.2) is 81.7 Å². The lowest BCUT2D eigenvalue weighted by atomic mass is 10.00. The molecule has 0 bridgehead atoms. The summed E-state index contributed by atoms with van der Waals surface area (Å²) in [5.74, 6) is 1.01. The zero-order chi connectivity index (χ0) is 20.8. The van der Waals surface area contributed by atoms with Gasteiger partial charge in [0, 0.05) is 23.1 Å². The highest BCUT2D eigenvalue weighted by molar-refractivity contribution is 9.10. The summed E-state index contributed by atoms with van der Waals surface area (Å²) in [6, 6.07) is 23.8. The molecule has 0 aliphatic rings. The molecule has 0 unspecified atom stereocenters. The third-order valence-electron chi connectivity index (χ3n) is 4.81. The Morgan fingerprint density at radius 2 is 1.76 bits per heavy atom. The average molecular weight is 517 g/mol. The first kappa shape index (κ1) is 21.6. The van der Waals surface area contributed by atoms with Gasteiger partial charge in [0.15, 0.2) is 0 Å². The van der Waals surface area contributed by atoms with Crippen LogP contribution in [-0.2, 0) is 6.54 Å². The number of ether oxygens (including phenoxy) is 1. The Balaban J connectivity index is 1.88. The van der Waals surface area contributed by atoms with Crippen molar-refractivity contribution >= 4 is 37.8 Å². The number of halogens is 2. The Morgan fingerprint density at radius 1 is 1.00 bits per heavy atom. The molecule has 3 rings (SSSR count). The van der Waals surface area contributed by atoms with Crippen LogP contribution >= 0.6 is 31.9 Å². The summed E-state index contributed by atoms with van der Waals surface area (Å²) in [5, 5.41) is 0. The third kappa shape index (κ3) is 5.71. The molecule has 3 nitrogen and oxygen atoms in total. The van der Waals surface area contributed by atoms with E-state index < -0.39 is 0 Å². The normalized spacial score (nSPS) is 11.7. The first-order valence-electron chi connectivity index (χ1n) is 9.40. The Morgan fingerprint density at radius 3 is 2.41 bits per heavy atom. The highest BCUT2D eigenvalue weighted by atomic mass is 79.9. The van der Waals surface area contributed by atoms with Crippen LogP contribution in [0.5, 0.6) is 5.75 Å². The van der Waals surface area contributed by atoms with Crippen molar-refractivity contribution in [3.63, 3.8) is 0 Å². The molecule has 0 aromatic heterocycles. The molecule has 0 aliphatic heterocycles. The molecule has 0 saturated heterocycles. The van der Waals surface area contributed by atoms with Crippen LogP contribution in [0.25, 0.3) is 0 Å². The number of methoxy groups -OCH3 is 1.